The molecule has 1 aliphatic heterocycles. The molecule has 124 valence electrons. The van der Waals surface area contributed by atoms with E-state index in [1.807, 2.05) is 56.3 Å². The number of fused-ring (bicyclic) bond motifs is 1. The molecule has 0 radical (unpaired) electrons. The first-order chi connectivity index (χ1) is 11.5. The van der Waals surface area contributed by atoms with Gasteiger partial charge in [-0.05, 0) is 49.1 Å². The minimum atomic E-state index is -0.371. The molecule has 0 atom stereocenters. The fraction of sp³-hybridized carbons (Fsp3) is 0.263. The first kappa shape index (κ1) is 16.1. The lowest BCUT2D eigenvalue weighted by Crippen LogP contribution is -2.41. The number of carbonyl (C=O) groups is 2. The summed E-state index contributed by atoms with van der Waals surface area (Å²) in [6.45, 7) is 4.54. The molecular formula is C19H21N3O2. The van der Waals surface area contributed by atoms with E-state index in [1.54, 1.807) is 4.90 Å². The van der Waals surface area contributed by atoms with Crippen molar-refractivity contribution in [1.82, 2.24) is 5.32 Å². The van der Waals surface area contributed by atoms with Gasteiger partial charge in [0.05, 0.1) is 6.54 Å². The van der Waals surface area contributed by atoms with Gasteiger partial charge in [-0.15, -0.1) is 0 Å². The maximum atomic E-state index is 12.4. The molecule has 0 saturated heterocycles. The number of para-hydroxylation sites is 1. The summed E-state index contributed by atoms with van der Waals surface area (Å²) in [5, 5.41) is 5.44. The summed E-state index contributed by atoms with van der Waals surface area (Å²) in [5.74, 6) is -0.101. The highest BCUT2D eigenvalue weighted by molar-refractivity contribution is 5.99. The molecule has 3 amide bonds. The molecule has 5 heteroatoms. The van der Waals surface area contributed by atoms with Crippen molar-refractivity contribution in [1.29, 1.82) is 0 Å². The lowest BCUT2D eigenvalue weighted by Gasteiger charge is -2.18. The van der Waals surface area contributed by atoms with Crippen molar-refractivity contribution in [3.63, 3.8) is 0 Å². The van der Waals surface area contributed by atoms with E-state index in [2.05, 4.69) is 10.6 Å². The second kappa shape index (κ2) is 6.74. The predicted molar refractivity (Wildman–Crippen MR) is 95.4 cm³/mol. The van der Waals surface area contributed by atoms with Crippen LogP contribution in [0.4, 0.5) is 16.2 Å². The monoisotopic (exact) mass is 323 g/mol. The molecule has 0 bridgehead atoms. The highest BCUT2D eigenvalue weighted by atomic mass is 16.2. The van der Waals surface area contributed by atoms with Crippen molar-refractivity contribution in [3.05, 3.63) is 59.2 Å². The highest BCUT2D eigenvalue weighted by Gasteiger charge is 2.24. The Morgan fingerprint density at radius 2 is 1.92 bits per heavy atom. The minimum absolute atomic E-state index is 0.0228. The van der Waals surface area contributed by atoms with Crippen molar-refractivity contribution >= 4 is 23.3 Å². The third kappa shape index (κ3) is 3.40. The summed E-state index contributed by atoms with van der Waals surface area (Å²) in [5.41, 5.74) is 4.92. The quantitative estimate of drug-likeness (QED) is 0.912. The van der Waals surface area contributed by atoms with Crippen LogP contribution in [0.1, 0.15) is 16.7 Å². The summed E-state index contributed by atoms with van der Waals surface area (Å²) in [6, 6.07) is 13.4. The lowest BCUT2D eigenvalue weighted by atomic mass is 10.1. The van der Waals surface area contributed by atoms with Crippen molar-refractivity contribution < 1.29 is 9.59 Å². The largest absolute Gasteiger partial charge is 0.329 e. The summed E-state index contributed by atoms with van der Waals surface area (Å²) < 4.78 is 0. The van der Waals surface area contributed by atoms with E-state index in [9.17, 15) is 9.59 Å². The number of aryl methyl sites for hydroxylation is 2. The van der Waals surface area contributed by atoms with Crippen LogP contribution in [0, 0.1) is 13.8 Å². The standard InChI is InChI=1S/C19H21N3O2/c1-13-7-8-14(2)16(11-13)21-19(24)20-12-18(23)22-10-9-15-5-3-4-6-17(15)22/h3-8,11H,9-10,12H2,1-2H3,(H2,20,21,24). The number of carbonyl (C=O) groups excluding carboxylic acids is 2. The van der Waals surface area contributed by atoms with Gasteiger partial charge in [0.25, 0.3) is 0 Å². The maximum absolute atomic E-state index is 12.4. The smallest absolute Gasteiger partial charge is 0.319 e. The maximum Gasteiger partial charge on any atom is 0.319 e. The fourth-order valence-corrected chi connectivity index (χ4v) is 2.89. The van der Waals surface area contributed by atoms with E-state index in [0.717, 1.165) is 28.9 Å². The Hall–Kier alpha value is -2.82. The first-order valence-corrected chi connectivity index (χ1v) is 8.05. The van der Waals surface area contributed by atoms with Crippen LogP contribution < -0.4 is 15.5 Å². The Kier molecular flexibility index (Phi) is 4.51. The summed E-state index contributed by atoms with van der Waals surface area (Å²) >= 11 is 0. The molecule has 1 aliphatic rings. The van der Waals surface area contributed by atoms with E-state index in [-0.39, 0.29) is 18.5 Å². The van der Waals surface area contributed by atoms with Crippen LogP contribution in [0.5, 0.6) is 0 Å². The SMILES string of the molecule is Cc1ccc(C)c(NC(=O)NCC(=O)N2CCc3ccccc32)c1. The molecule has 0 saturated carbocycles. The topological polar surface area (TPSA) is 61.4 Å². The molecule has 5 nitrogen and oxygen atoms in total. The second-order valence-corrected chi connectivity index (χ2v) is 6.05. The number of anilines is 2. The van der Waals surface area contributed by atoms with E-state index in [4.69, 9.17) is 0 Å². The Bertz CT molecular complexity index is 786. The van der Waals surface area contributed by atoms with E-state index < -0.39 is 0 Å². The van der Waals surface area contributed by atoms with Gasteiger partial charge in [-0.1, -0.05) is 30.3 Å². The lowest BCUT2D eigenvalue weighted by molar-refractivity contribution is -0.117. The Balaban J connectivity index is 1.57. The van der Waals surface area contributed by atoms with E-state index in [1.165, 1.54) is 5.56 Å². The van der Waals surface area contributed by atoms with Crippen LogP contribution in [-0.2, 0) is 11.2 Å². The first-order valence-electron chi connectivity index (χ1n) is 8.05. The van der Waals surface area contributed by atoms with Crippen LogP contribution in [-0.4, -0.2) is 25.0 Å². The van der Waals surface area contributed by atoms with Gasteiger partial charge >= 0.3 is 6.03 Å². The fourth-order valence-electron chi connectivity index (χ4n) is 2.89. The van der Waals surface area contributed by atoms with Crippen LogP contribution in [0.2, 0.25) is 0 Å². The molecule has 0 unspecified atom stereocenters. The third-order valence-electron chi connectivity index (χ3n) is 4.23. The van der Waals surface area contributed by atoms with Gasteiger partial charge in [0.2, 0.25) is 5.91 Å². The molecule has 24 heavy (non-hydrogen) atoms. The summed E-state index contributed by atoms with van der Waals surface area (Å²) in [4.78, 5) is 26.1. The number of amides is 3. The van der Waals surface area contributed by atoms with Crippen LogP contribution in [0.25, 0.3) is 0 Å². The highest BCUT2D eigenvalue weighted by Crippen LogP contribution is 2.27. The molecule has 0 spiro atoms. The number of hydrogen-bond acceptors (Lipinski definition) is 2. The van der Waals surface area contributed by atoms with Crippen LogP contribution in [0.3, 0.4) is 0 Å². The molecule has 3 rings (SSSR count). The van der Waals surface area contributed by atoms with Gasteiger partial charge in [-0.25, -0.2) is 4.79 Å². The number of rotatable bonds is 3. The number of benzene rings is 2. The molecule has 0 fully saturated rings. The van der Waals surface area contributed by atoms with Crippen molar-refractivity contribution in [2.24, 2.45) is 0 Å². The van der Waals surface area contributed by atoms with Gasteiger partial charge in [-0.3, -0.25) is 4.79 Å². The third-order valence-corrected chi connectivity index (χ3v) is 4.23. The molecule has 0 aromatic heterocycles. The second-order valence-electron chi connectivity index (χ2n) is 6.05. The van der Waals surface area contributed by atoms with Crippen molar-refractivity contribution in [2.75, 3.05) is 23.3 Å². The van der Waals surface area contributed by atoms with Crippen LogP contribution in [0.15, 0.2) is 42.5 Å². The average Bonchev–Trinajstić information content (AvgIpc) is 3.00. The van der Waals surface area contributed by atoms with Gasteiger partial charge in [-0.2, -0.15) is 0 Å². The predicted octanol–water partition coefficient (Wildman–Crippen LogP) is 3.01. The normalized spacial score (nSPS) is 12.7. The van der Waals surface area contributed by atoms with Crippen molar-refractivity contribution in [2.45, 2.75) is 20.3 Å². The number of urea groups is 1. The Morgan fingerprint density at radius 1 is 1.12 bits per heavy atom. The summed E-state index contributed by atoms with van der Waals surface area (Å²) in [6.07, 6.45) is 0.858. The molecule has 2 N–H and O–H groups in total. The number of nitrogens with one attached hydrogen (secondary N) is 2. The molecule has 0 aliphatic carbocycles. The van der Waals surface area contributed by atoms with Gasteiger partial charge < -0.3 is 15.5 Å². The van der Waals surface area contributed by atoms with Gasteiger partial charge in [0.1, 0.15) is 0 Å². The Morgan fingerprint density at radius 3 is 2.75 bits per heavy atom. The van der Waals surface area contributed by atoms with Gasteiger partial charge in [0, 0.05) is 17.9 Å². The minimum Gasteiger partial charge on any atom is -0.329 e. The zero-order valence-corrected chi connectivity index (χ0v) is 13.9. The Labute approximate surface area is 141 Å². The zero-order valence-electron chi connectivity index (χ0n) is 13.9. The van der Waals surface area contributed by atoms with E-state index in [0.29, 0.717) is 6.54 Å². The molecule has 2 aromatic carbocycles. The van der Waals surface area contributed by atoms with E-state index >= 15 is 0 Å². The molecule has 1 heterocycles. The number of hydrogen-bond donors (Lipinski definition) is 2. The zero-order chi connectivity index (χ0) is 17.1. The average molecular weight is 323 g/mol. The molecular weight excluding hydrogens is 302 g/mol. The van der Waals surface area contributed by atoms with Crippen LogP contribution >= 0.6 is 0 Å². The molecule has 2 aromatic rings. The summed E-state index contributed by atoms with van der Waals surface area (Å²) in [7, 11) is 0. The van der Waals surface area contributed by atoms with Crippen molar-refractivity contribution in [3.8, 4) is 0 Å². The number of nitrogens with zero attached hydrogens (tertiary/aromatic N) is 1. The van der Waals surface area contributed by atoms with Gasteiger partial charge in [0.15, 0.2) is 0 Å².